The number of fused-ring (bicyclic) bond motifs is 1. The Morgan fingerprint density at radius 3 is 2.35 bits per heavy atom. The maximum absolute atomic E-state index is 13.8. The van der Waals surface area contributed by atoms with Crippen LogP contribution in [0.25, 0.3) is 10.2 Å². The van der Waals surface area contributed by atoms with Crippen molar-refractivity contribution in [3.8, 4) is 0 Å². The molecule has 1 aromatic heterocycles. The minimum Gasteiger partial charge on any atom is -0.379 e. The van der Waals surface area contributed by atoms with Crippen LogP contribution in [-0.2, 0) is 4.74 Å². The van der Waals surface area contributed by atoms with Crippen LogP contribution in [-0.4, -0.2) is 61.0 Å². The summed E-state index contributed by atoms with van der Waals surface area (Å²) in [5, 5.41) is 0.708. The van der Waals surface area contributed by atoms with Crippen LogP contribution < -0.4 is 4.90 Å². The van der Waals surface area contributed by atoms with Gasteiger partial charge in [-0.15, -0.1) is 0 Å². The first kappa shape index (κ1) is 25.3. The van der Waals surface area contributed by atoms with Crippen LogP contribution in [0, 0.1) is 13.8 Å². The molecule has 1 aliphatic rings. The lowest BCUT2D eigenvalue weighted by Crippen LogP contribution is -2.39. The molecule has 4 aromatic rings. The largest absolute Gasteiger partial charge is 0.379 e. The van der Waals surface area contributed by atoms with Crippen molar-refractivity contribution in [2.75, 3.05) is 44.3 Å². The van der Waals surface area contributed by atoms with Crippen LogP contribution in [0.5, 0.6) is 0 Å². The zero-order chi connectivity index (χ0) is 25.8. The van der Waals surface area contributed by atoms with Crippen molar-refractivity contribution in [1.29, 1.82) is 0 Å². The summed E-state index contributed by atoms with van der Waals surface area (Å²) in [7, 11) is 0. The second-order valence-electron chi connectivity index (χ2n) is 9.46. The van der Waals surface area contributed by atoms with Crippen molar-refractivity contribution in [3.05, 3.63) is 94.5 Å². The topological polar surface area (TPSA) is 62.7 Å². The number of aryl methyl sites for hydroxylation is 2. The molecule has 2 heterocycles. The summed E-state index contributed by atoms with van der Waals surface area (Å²) < 4.78 is 6.55. The molecule has 5 rings (SSSR count). The fraction of sp³-hybridized carbons (Fsp3) is 0.300. The van der Waals surface area contributed by atoms with E-state index < -0.39 is 0 Å². The van der Waals surface area contributed by atoms with E-state index in [9.17, 15) is 9.59 Å². The van der Waals surface area contributed by atoms with Gasteiger partial charge in [0, 0.05) is 42.9 Å². The molecule has 0 unspecified atom stereocenters. The van der Waals surface area contributed by atoms with Crippen LogP contribution in [0.3, 0.4) is 0 Å². The number of carbonyl (C=O) groups excluding carboxylic acids is 2. The number of ketones is 1. The van der Waals surface area contributed by atoms with E-state index in [1.54, 1.807) is 52.6 Å². The standard InChI is InChI=1S/C30H31N3O3S/c1-21-19-22(2)27-26(20-21)37-30(31-27)33(14-6-13-32-15-17-36-18-16-32)29(35)25-11-9-24(10-12-25)28(34)23-7-4-3-5-8-23/h3-5,7-12,19-20H,6,13-18H2,1-2H3. The quantitative estimate of drug-likeness (QED) is 0.291. The molecule has 0 saturated carbocycles. The molecule has 0 aliphatic carbocycles. The van der Waals surface area contributed by atoms with E-state index in [4.69, 9.17) is 9.72 Å². The van der Waals surface area contributed by atoms with Gasteiger partial charge in [0.15, 0.2) is 10.9 Å². The SMILES string of the molecule is Cc1cc(C)c2nc(N(CCCN3CCOCC3)C(=O)c3ccc(C(=O)c4ccccc4)cc3)sc2c1. The van der Waals surface area contributed by atoms with Gasteiger partial charge in [0.1, 0.15) is 0 Å². The third-order valence-electron chi connectivity index (χ3n) is 6.68. The highest BCUT2D eigenvalue weighted by molar-refractivity contribution is 7.22. The summed E-state index contributed by atoms with van der Waals surface area (Å²) in [6, 6.07) is 20.4. The Kier molecular flexibility index (Phi) is 7.74. The van der Waals surface area contributed by atoms with Gasteiger partial charge in [0.05, 0.1) is 23.4 Å². The number of morpholine rings is 1. The van der Waals surface area contributed by atoms with Gasteiger partial charge < -0.3 is 4.74 Å². The number of nitrogens with zero attached hydrogens (tertiary/aromatic N) is 3. The van der Waals surface area contributed by atoms with Crippen molar-refractivity contribution in [2.45, 2.75) is 20.3 Å². The Morgan fingerprint density at radius 2 is 1.62 bits per heavy atom. The fourth-order valence-electron chi connectivity index (χ4n) is 4.71. The predicted octanol–water partition coefficient (Wildman–Crippen LogP) is 5.51. The van der Waals surface area contributed by atoms with Crippen molar-refractivity contribution < 1.29 is 14.3 Å². The molecule has 3 aromatic carbocycles. The number of amides is 1. The molecule has 0 spiro atoms. The Balaban J connectivity index is 1.39. The highest BCUT2D eigenvalue weighted by atomic mass is 32.1. The van der Waals surface area contributed by atoms with Crippen molar-refractivity contribution in [1.82, 2.24) is 9.88 Å². The molecule has 1 amide bonds. The molecular weight excluding hydrogens is 482 g/mol. The predicted molar refractivity (Wildman–Crippen MR) is 149 cm³/mol. The maximum Gasteiger partial charge on any atom is 0.260 e. The average molecular weight is 514 g/mol. The molecule has 0 N–H and O–H groups in total. The number of thiazole rings is 1. The van der Waals surface area contributed by atoms with Gasteiger partial charge in [-0.2, -0.15) is 0 Å². The molecule has 1 fully saturated rings. The number of ether oxygens (including phenoxy) is 1. The van der Waals surface area contributed by atoms with E-state index in [1.807, 2.05) is 18.2 Å². The third-order valence-corrected chi connectivity index (χ3v) is 7.71. The lowest BCUT2D eigenvalue weighted by molar-refractivity contribution is 0.0376. The van der Waals surface area contributed by atoms with Gasteiger partial charge in [0.2, 0.25) is 0 Å². The highest BCUT2D eigenvalue weighted by Crippen LogP contribution is 2.32. The molecule has 190 valence electrons. The Morgan fingerprint density at radius 1 is 0.946 bits per heavy atom. The summed E-state index contributed by atoms with van der Waals surface area (Å²) in [4.78, 5) is 35.7. The summed E-state index contributed by atoms with van der Waals surface area (Å²) in [5.74, 6) is -0.159. The van der Waals surface area contributed by atoms with E-state index in [2.05, 4.69) is 30.9 Å². The monoisotopic (exact) mass is 513 g/mol. The fourth-order valence-corrected chi connectivity index (χ4v) is 5.88. The minimum atomic E-state index is -0.103. The number of hydrogen-bond donors (Lipinski definition) is 0. The molecule has 1 saturated heterocycles. The first-order valence-electron chi connectivity index (χ1n) is 12.7. The van der Waals surface area contributed by atoms with Crippen LogP contribution in [0.15, 0.2) is 66.7 Å². The molecule has 0 atom stereocenters. The highest BCUT2D eigenvalue weighted by Gasteiger charge is 2.23. The number of benzene rings is 3. The van der Waals surface area contributed by atoms with E-state index in [-0.39, 0.29) is 11.7 Å². The molecule has 6 nitrogen and oxygen atoms in total. The zero-order valence-corrected chi connectivity index (χ0v) is 22.1. The average Bonchev–Trinajstić information content (AvgIpc) is 3.35. The summed E-state index contributed by atoms with van der Waals surface area (Å²) in [6.07, 6.45) is 0.838. The second-order valence-corrected chi connectivity index (χ2v) is 10.5. The van der Waals surface area contributed by atoms with E-state index >= 15 is 0 Å². The molecule has 37 heavy (non-hydrogen) atoms. The van der Waals surface area contributed by atoms with Crippen LogP contribution in [0.1, 0.15) is 43.8 Å². The normalized spacial score (nSPS) is 14.1. The van der Waals surface area contributed by atoms with Gasteiger partial charge in [-0.1, -0.05) is 59.9 Å². The first-order valence-corrected chi connectivity index (χ1v) is 13.5. The summed E-state index contributed by atoms with van der Waals surface area (Å²) in [6.45, 7) is 8.97. The van der Waals surface area contributed by atoms with Crippen LogP contribution in [0.2, 0.25) is 0 Å². The van der Waals surface area contributed by atoms with Crippen LogP contribution in [0.4, 0.5) is 5.13 Å². The molecule has 0 bridgehead atoms. The van der Waals surface area contributed by atoms with E-state index in [0.717, 1.165) is 55.0 Å². The van der Waals surface area contributed by atoms with Crippen LogP contribution >= 0.6 is 11.3 Å². The number of rotatable bonds is 8. The lowest BCUT2D eigenvalue weighted by atomic mass is 10.0. The number of hydrogen-bond acceptors (Lipinski definition) is 6. The van der Waals surface area contributed by atoms with Gasteiger partial charge >= 0.3 is 0 Å². The number of carbonyl (C=O) groups is 2. The zero-order valence-electron chi connectivity index (χ0n) is 21.3. The third kappa shape index (κ3) is 5.80. The van der Waals surface area contributed by atoms with E-state index in [0.29, 0.717) is 28.4 Å². The smallest absolute Gasteiger partial charge is 0.260 e. The molecule has 7 heteroatoms. The Bertz CT molecular complexity index is 1390. The molecule has 1 aliphatic heterocycles. The molecular formula is C30H31N3O3S. The Hall–Kier alpha value is -3.39. The second kappa shape index (κ2) is 11.3. The Labute approximate surface area is 221 Å². The van der Waals surface area contributed by atoms with Gasteiger partial charge in [-0.25, -0.2) is 4.98 Å². The number of aromatic nitrogens is 1. The summed E-state index contributed by atoms with van der Waals surface area (Å²) in [5.41, 5.74) is 4.98. The van der Waals surface area contributed by atoms with E-state index in [1.165, 1.54) is 5.56 Å². The van der Waals surface area contributed by atoms with Gasteiger partial charge in [-0.3, -0.25) is 19.4 Å². The number of anilines is 1. The van der Waals surface area contributed by atoms with Gasteiger partial charge in [0.25, 0.3) is 5.91 Å². The summed E-state index contributed by atoms with van der Waals surface area (Å²) >= 11 is 1.55. The first-order chi connectivity index (χ1) is 18.0. The van der Waals surface area contributed by atoms with Gasteiger partial charge in [-0.05, 0) is 49.6 Å². The minimum absolute atomic E-state index is 0.0565. The molecule has 0 radical (unpaired) electrons. The van der Waals surface area contributed by atoms with Crippen molar-refractivity contribution >= 4 is 38.4 Å². The maximum atomic E-state index is 13.8. The van der Waals surface area contributed by atoms with Crippen molar-refractivity contribution in [2.24, 2.45) is 0 Å². The lowest BCUT2D eigenvalue weighted by Gasteiger charge is -2.27. The van der Waals surface area contributed by atoms with Crippen molar-refractivity contribution in [3.63, 3.8) is 0 Å².